The monoisotopic (exact) mass is 935 g/mol. The topological polar surface area (TPSA) is 253 Å². The number of benzene rings is 2. The number of esters is 2. The summed E-state index contributed by atoms with van der Waals surface area (Å²) in [6.07, 6.45) is -4.88. The third-order valence-electron chi connectivity index (χ3n) is 14.0. The minimum atomic E-state index is -1.55. The van der Waals surface area contributed by atoms with Crippen LogP contribution in [0.3, 0.4) is 0 Å². The number of rotatable bonds is 14. The van der Waals surface area contributed by atoms with Gasteiger partial charge >= 0.3 is 11.9 Å². The van der Waals surface area contributed by atoms with Crippen molar-refractivity contribution in [1.29, 1.82) is 0 Å². The number of carbonyl (C=O) groups is 4. The third-order valence-corrected chi connectivity index (χ3v) is 14.0. The van der Waals surface area contributed by atoms with Gasteiger partial charge in [-0.2, -0.15) is 5.06 Å². The van der Waals surface area contributed by atoms with Crippen LogP contribution in [0.5, 0.6) is 0 Å². The van der Waals surface area contributed by atoms with Gasteiger partial charge in [0.15, 0.2) is 18.1 Å². The van der Waals surface area contributed by atoms with Gasteiger partial charge in [-0.3, -0.25) is 24.0 Å². The molecule has 0 aromatic heterocycles. The number of nitrogens with zero attached hydrogens (tertiary/aromatic N) is 2. The van der Waals surface area contributed by atoms with Crippen LogP contribution in [0.2, 0.25) is 0 Å². The van der Waals surface area contributed by atoms with Crippen molar-refractivity contribution >= 4 is 29.8 Å². The number of nitrogens with one attached hydrogen (secondary N) is 1. The molecule has 0 radical (unpaired) electrons. The molecule has 6 N–H and O–H groups in total. The number of amides is 2. The van der Waals surface area contributed by atoms with Crippen molar-refractivity contribution in [2.75, 3.05) is 26.4 Å². The van der Waals surface area contributed by atoms with Crippen LogP contribution in [-0.2, 0) is 71.8 Å². The molecule has 6 fully saturated rings. The SMILES string of the molecule is CC(C)(C)OC(=O)CC[C@@H](CO)NC(=O)[C@H]1CCCN1C(=O)[C@@]12C[C@H]3OC(=O)[C@@H]1N(Cc1ccc(C=CCO[C@H]4O[C@H](CO)[C@H](O)[C@H](O)[C@H]4O)cc1)O[C@@H]2[C@H]1OC2(Cc4ccccc4C2)O[C@H]13. The largest absolute Gasteiger partial charge is 0.460 e. The first-order valence-electron chi connectivity index (χ1n) is 23.2. The number of likely N-dealkylation sites (tertiary alicyclic amines) is 1. The van der Waals surface area contributed by atoms with Crippen molar-refractivity contribution in [2.45, 2.75) is 157 Å². The molecule has 2 amide bonds. The van der Waals surface area contributed by atoms with Gasteiger partial charge in [-0.1, -0.05) is 60.7 Å². The van der Waals surface area contributed by atoms with Gasteiger partial charge in [0.2, 0.25) is 11.8 Å². The smallest absolute Gasteiger partial charge is 0.327 e. The summed E-state index contributed by atoms with van der Waals surface area (Å²) in [5, 5.41) is 54.4. The van der Waals surface area contributed by atoms with Crippen LogP contribution in [0.4, 0.5) is 0 Å². The molecule has 2 aromatic carbocycles. The average molecular weight is 936 g/mol. The number of carbonyl (C=O) groups excluding carboxylic acids is 4. The van der Waals surface area contributed by atoms with Gasteiger partial charge < -0.3 is 64.2 Å². The van der Waals surface area contributed by atoms with Gasteiger partial charge in [-0.05, 0) is 62.3 Å². The number of hydrogen-bond donors (Lipinski definition) is 6. The lowest BCUT2D eigenvalue weighted by molar-refractivity contribution is -0.298. The van der Waals surface area contributed by atoms with E-state index in [1.165, 1.54) is 9.96 Å². The highest BCUT2D eigenvalue weighted by Gasteiger charge is 2.77. The third kappa shape index (κ3) is 9.16. The first-order chi connectivity index (χ1) is 32.0. The van der Waals surface area contributed by atoms with Crippen molar-refractivity contribution < 1.29 is 78.0 Å². The van der Waals surface area contributed by atoms with Crippen molar-refractivity contribution in [2.24, 2.45) is 5.41 Å². The summed E-state index contributed by atoms with van der Waals surface area (Å²) >= 11 is 0. The zero-order valence-corrected chi connectivity index (χ0v) is 37.8. The Hall–Kier alpha value is -4.38. The van der Waals surface area contributed by atoms with Crippen LogP contribution < -0.4 is 5.32 Å². The molecule has 0 unspecified atom stereocenters. The quantitative estimate of drug-likeness (QED) is 0.138. The molecule has 13 atom stereocenters. The van der Waals surface area contributed by atoms with Gasteiger partial charge in [-0.15, -0.1) is 0 Å². The Morgan fingerprint density at radius 2 is 1.69 bits per heavy atom. The number of fused-ring (bicyclic) bond motifs is 5. The van der Waals surface area contributed by atoms with Crippen LogP contribution >= 0.6 is 0 Å². The van der Waals surface area contributed by atoms with E-state index in [0.29, 0.717) is 25.7 Å². The van der Waals surface area contributed by atoms with E-state index in [9.17, 15) is 39.9 Å². The molecule has 2 bridgehead atoms. The highest BCUT2D eigenvalue weighted by molar-refractivity contribution is 5.96. The second-order valence-electron chi connectivity index (χ2n) is 19.8. The molecule has 1 saturated carbocycles. The fraction of sp³-hybridized carbons (Fsp3) is 0.625. The summed E-state index contributed by atoms with van der Waals surface area (Å²) in [5.74, 6) is -3.07. The summed E-state index contributed by atoms with van der Waals surface area (Å²) in [6, 6.07) is 12.5. The fourth-order valence-corrected chi connectivity index (χ4v) is 10.9. The standard InChI is InChI=1S/C48H61N3O16/c1-46(2,3)64-34(54)17-16-30(24-52)49-42(58)31-11-6-18-50(31)45(60)48-22-32-38-39(66-47(65-38)20-28-9-4-5-10-29(28)21-47)41(48)67-51(40(48)43(59)62-32)23-27-14-12-26(13-15-27)8-7-19-61-44-37(57)36(56)35(55)33(25-53)63-44/h4-5,7-10,12-15,30-33,35-41,44,52-53,55-57H,6,11,16-25H2,1-3H3,(H,49,58)/t30-,31+,32+,33+,35-,36-,37+,38-,39-,40-,41+,44-,48-/m0/s1. The predicted molar refractivity (Wildman–Crippen MR) is 231 cm³/mol. The van der Waals surface area contributed by atoms with Crippen LogP contribution in [0.25, 0.3) is 6.08 Å². The van der Waals surface area contributed by atoms with Crippen molar-refractivity contribution in [3.05, 3.63) is 76.9 Å². The molecule has 5 saturated heterocycles. The van der Waals surface area contributed by atoms with E-state index in [-0.39, 0.29) is 39.0 Å². The van der Waals surface area contributed by atoms with E-state index >= 15 is 4.79 Å². The highest BCUT2D eigenvalue weighted by atomic mass is 16.8. The molecular weight excluding hydrogens is 875 g/mol. The van der Waals surface area contributed by atoms with E-state index in [2.05, 4.69) is 5.32 Å². The Kier molecular flexibility index (Phi) is 13.4. The summed E-state index contributed by atoms with van der Waals surface area (Å²) < 4.78 is 36.3. The fourth-order valence-electron chi connectivity index (χ4n) is 10.9. The maximum absolute atomic E-state index is 15.5. The molecule has 364 valence electrons. The van der Waals surface area contributed by atoms with E-state index in [1.807, 2.05) is 48.5 Å². The Labute approximate surface area is 387 Å². The van der Waals surface area contributed by atoms with Gasteiger partial charge in [0.1, 0.15) is 65.9 Å². The summed E-state index contributed by atoms with van der Waals surface area (Å²) in [4.78, 5) is 64.8. The van der Waals surface area contributed by atoms with Gasteiger partial charge in [0.05, 0.1) is 32.4 Å². The molecule has 19 heteroatoms. The zero-order valence-electron chi connectivity index (χ0n) is 37.8. The molecule has 2 aliphatic carbocycles. The first kappa shape index (κ1) is 47.7. The van der Waals surface area contributed by atoms with Crippen LogP contribution in [0.15, 0.2) is 54.6 Å². The second kappa shape index (κ2) is 18.8. The molecule has 67 heavy (non-hydrogen) atoms. The molecule has 7 aliphatic rings. The average Bonchev–Trinajstić information content (AvgIpc) is 4.09. The van der Waals surface area contributed by atoms with Crippen molar-refractivity contribution in [3.63, 3.8) is 0 Å². The lowest BCUT2D eigenvalue weighted by Crippen LogP contribution is -2.70. The molecule has 5 heterocycles. The number of hydroxylamine groups is 2. The van der Waals surface area contributed by atoms with E-state index < -0.39 is 127 Å². The maximum Gasteiger partial charge on any atom is 0.327 e. The highest BCUT2D eigenvalue weighted by Crippen LogP contribution is 2.59. The van der Waals surface area contributed by atoms with Crippen LogP contribution in [0, 0.1) is 5.41 Å². The van der Waals surface area contributed by atoms with Gasteiger partial charge in [-0.25, -0.2) is 0 Å². The summed E-state index contributed by atoms with van der Waals surface area (Å²) in [7, 11) is 0. The minimum Gasteiger partial charge on any atom is -0.460 e. The molecule has 1 spiro atoms. The molecule has 19 nitrogen and oxygen atoms in total. The van der Waals surface area contributed by atoms with Crippen molar-refractivity contribution in [1.82, 2.24) is 15.3 Å². The zero-order chi connectivity index (χ0) is 47.4. The molecule has 9 rings (SSSR count). The Morgan fingerprint density at radius 3 is 2.37 bits per heavy atom. The van der Waals surface area contributed by atoms with Crippen LogP contribution in [-0.4, -0.2) is 170 Å². The van der Waals surface area contributed by atoms with E-state index in [4.69, 9.17) is 33.3 Å². The lowest BCUT2D eigenvalue weighted by Gasteiger charge is -2.50. The first-order valence-corrected chi connectivity index (χ1v) is 23.2. The number of hydrogen-bond acceptors (Lipinski definition) is 17. The Morgan fingerprint density at radius 1 is 0.970 bits per heavy atom. The predicted octanol–water partition coefficient (Wildman–Crippen LogP) is 0.185. The van der Waals surface area contributed by atoms with E-state index in [0.717, 1.165) is 22.3 Å². The summed E-state index contributed by atoms with van der Waals surface area (Å²) in [5.41, 5.74) is 1.46. The van der Waals surface area contributed by atoms with Gasteiger partial charge in [0.25, 0.3) is 0 Å². The number of aliphatic hydroxyl groups is 5. The van der Waals surface area contributed by atoms with Crippen LogP contribution in [0.1, 0.15) is 75.1 Å². The number of ether oxygens (including phenoxy) is 6. The molecular formula is C48H61N3O16. The normalized spacial score (nSPS) is 34.5. The maximum atomic E-state index is 15.5. The summed E-state index contributed by atoms with van der Waals surface area (Å²) in [6.45, 7) is 4.58. The number of aliphatic hydroxyl groups excluding tert-OH is 5. The van der Waals surface area contributed by atoms with E-state index in [1.54, 1.807) is 32.9 Å². The lowest BCUT2D eigenvalue weighted by atomic mass is 9.62. The second-order valence-corrected chi connectivity index (χ2v) is 19.8. The Balaban J connectivity index is 0.935. The van der Waals surface area contributed by atoms with Gasteiger partial charge in [0, 0.05) is 32.2 Å². The Bertz CT molecular complexity index is 2170. The molecule has 2 aromatic rings. The molecule has 5 aliphatic heterocycles. The van der Waals surface area contributed by atoms with Crippen molar-refractivity contribution in [3.8, 4) is 0 Å². The minimum absolute atomic E-state index is 0.0225.